The second-order valence-electron chi connectivity index (χ2n) is 5.25. The number of halogens is 2. The molecule has 7 heteroatoms. The van der Waals surface area contributed by atoms with Gasteiger partial charge in [0.25, 0.3) is 0 Å². The van der Waals surface area contributed by atoms with Crippen LogP contribution in [0.25, 0.3) is 0 Å². The van der Waals surface area contributed by atoms with Gasteiger partial charge in [0.15, 0.2) is 10.9 Å². The van der Waals surface area contributed by atoms with Crippen molar-refractivity contribution in [2.24, 2.45) is 0 Å². The minimum atomic E-state index is -0.571. The van der Waals surface area contributed by atoms with Gasteiger partial charge in [0.2, 0.25) is 0 Å². The number of unbranched alkanes of at least 4 members (excludes halogenated alkanes) is 1. The van der Waals surface area contributed by atoms with Gasteiger partial charge >= 0.3 is 5.97 Å². The number of esters is 1. The number of benzene rings is 2. The summed E-state index contributed by atoms with van der Waals surface area (Å²) in [5, 5.41) is 5.88. The molecule has 0 aromatic heterocycles. The molecule has 0 aliphatic rings. The molecule has 0 aliphatic heterocycles. The summed E-state index contributed by atoms with van der Waals surface area (Å²) in [4.78, 5) is 11.8. The monoisotopic (exact) mass is 380 g/mol. The molecule has 2 aromatic rings. The maximum absolute atomic E-state index is 13.8. The fraction of sp³-hybridized carbons (Fsp3) is 0.222. The number of hydrogen-bond donors (Lipinski definition) is 2. The quantitative estimate of drug-likeness (QED) is 0.407. The third-order valence-corrected chi connectivity index (χ3v) is 3.81. The molecule has 132 valence electrons. The lowest BCUT2D eigenvalue weighted by Crippen LogP contribution is -2.19. The number of ether oxygens (including phenoxy) is 1. The van der Waals surface area contributed by atoms with Gasteiger partial charge in [0.1, 0.15) is 0 Å². The molecule has 0 saturated heterocycles. The van der Waals surface area contributed by atoms with Gasteiger partial charge in [0, 0.05) is 5.69 Å². The van der Waals surface area contributed by atoms with Crippen LogP contribution in [0.2, 0.25) is 5.02 Å². The molecule has 0 heterocycles. The Morgan fingerprint density at radius 2 is 1.92 bits per heavy atom. The average Bonchev–Trinajstić information content (AvgIpc) is 2.59. The normalized spacial score (nSPS) is 10.2. The second kappa shape index (κ2) is 9.34. The Labute approximate surface area is 156 Å². The van der Waals surface area contributed by atoms with Crippen molar-refractivity contribution in [3.8, 4) is 0 Å². The Kier molecular flexibility index (Phi) is 7.16. The van der Waals surface area contributed by atoms with Gasteiger partial charge in [-0.1, -0.05) is 31.0 Å². The minimum Gasteiger partial charge on any atom is -0.462 e. The molecule has 0 amide bonds. The SMILES string of the molecule is CCCCOC(=O)c1ccc(NC(=S)Nc2cccc(Cl)c2F)cc1. The molecule has 4 nitrogen and oxygen atoms in total. The van der Waals surface area contributed by atoms with Crippen LogP contribution in [-0.4, -0.2) is 17.7 Å². The van der Waals surface area contributed by atoms with Crippen LogP contribution in [0.5, 0.6) is 0 Å². The van der Waals surface area contributed by atoms with E-state index in [1.807, 2.05) is 6.92 Å². The lowest BCUT2D eigenvalue weighted by Gasteiger charge is -2.12. The van der Waals surface area contributed by atoms with Gasteiger partial charge in [-0.25, -0.2) is 9.18 Å². The molecule has 2 aromatic carbocycles. The van der Waals surface area contributed by atoms with Crippen molar-refractivity contribution in [1.82, 2.24) is 0 Å². The van der Waals surface area contributed by atoms with Gasteiger partial charge in [0.05, 0.1) is 22.9 Å². The molecule has 0 fully saturated rings. The summed E-state index contributed by atoms with van der Waals surface area (Å²) in [7, 11) is 0. The number of anilines is 2. The lowest BCUT2D eigenvalue weighted by atomic mass is 10.2. The minimum absolute atomic E-state index is 0.0127. The summed E-state index contributed by atoms with van der Waals surface area (Å²) in [5.41, 5.74) is 1.30. The number of nitrogens with one attached hydrogen (secondary N) is 2. The van der Waals surface area contributed by atoms with Crippen LogP contribution in [0, 0.1) is 5.82 Å². The Hall–Kier alpha value is -2.18. The van der Waals surface area contributed by atoms with Crippen LogP contribution in [0.3, 0.4) is 0 Å². The maximum atomic E-state index is 13.8. The zero-order chi connectivity index (χ0) is 18.2. The Bertz CT molecular complexity index is 753. The first kappa shape index (κ1) is 19.1. The van der Waals surface area contributed by atoms with Crippen molar-refractivity contribution in [2.75, 3.05) is 17.2 Å². The fourth-order valence-corrected chi connectivity index (χ4v) is 2.37. The summed E-state index contributed by atoms with van der Waals surface area (Å²) in [6, 6.07) is 11.3. The van der Waals surface area contributed by atoms with E-state index in [2.05, 4.69) is 10.6 Å². The molecule has 0 unspecified atom stereocenters. The Balaban J connectivity index is 1.93. The van der Waals surface area contributed by atoms with Crippen molar-refractivity contribution >= 4 is 46.3 Å². The smallest absolute Gasteiger partial charge is 0.338 e. The first-order valence-corrected chi connectivity index (χ1v) is 8.59. The largest absolute Gasteiger partial charge is 0.462 e. The zero-order valence-corrected chi connectivity index (χ0v) is 15.2. The number of carbonyl (C=O) groups is 1. The highest BCUT2D eigenvalue weighted by Crippen LogP contribution is 2.22. The van der Waals surface area contributed by atoms with Crippen molar-refractivity contribution in [2.45, 2.75) is 19.8 Å². The summed E-state index contributed by atoms with van der Waals surface area (Å²) in [6.45, 7) is 2.44. The second-order valence-corrected chi connectivity index (χ2v) is 6.06. The summed E-state index contributed by atoms with van der Waals surface area (Å²) in [6.07, 6.45) is 1.80. The van der Waals surface area contributed by atoms with Gasteiger partial charge in [-0.05, 0) is 55.0 Å². The van der Waals surface area contributed by atoms with Gasteiger partial charge in [-0.15, -0.1) is 0 Å². The van der Waals surface area contributed by atoms with E-state index in [9.17, 15) is 9.18 Å². The molecule has 0 spiro atoms. The van der Waals surface area contributed by atoms with E-state index in [1.54, 1.807) is 30.3 Å². The summed E-state index contributed by atoms with van der Waals surface area (Å²) < 4.78 is 19.0. The molecule has 25 heavy (non-hydrogen) atoms. The fourth-order valence-electron chi connectivity index (χ4n) is 1.97. The van der Waals surface area contributed by atoms with E-state index in [-0.39, 0.29) is 21.8 Å². The van der Waals surface area contributed by atoms with Gasteiger partial charge in [-0.3, -0.25) is 0 Å². The van der Waals surface area contributed by atoms with Crippen molar-refractivity contribution in [3.63, 3.8) is 0 Å². The molecule has 2 rings (SSSR count). The maximum Gasteiger partial charge on any atom is 0.338 e. The molecule has 2 N–H and O–H groups in total. The average molecular weight is 381 g/mol. The van der Waals surface area contributed by atoms with Crippen LogP contribution in [0.15, 0.2) is 42.5 Å². The standard InChI is InChI=1S/C18H18ClFN2O2S/c1-2-3-11-24-17(23)12-7-9-13(10-8-12)21-18(25)22-15-6-4-5-14(19)16(15)20/h4-10H,2-3,11H2,1H3,(H2,21,22,25). The van der Waals surface area contributed by atoms with Crippen LogP contribution in [-0.2, 0) is 4.74 Å². The molecule has 0 bridgehead atoms. The topological polar surface area (TPSA) is 50.4 Å². The molecule has 0 atom stereocenters. The van der Waals surface area contributed by atoms with E-state index in [4.69, 9.17) is 28.6 Å². The molecule has 0 radical (unpaired) electrons. The number of hydrogen-bond acceptors (Lipinski definition) is 3. The summed E-state index contributed by atoms with van der Waals surface area (Å²) >= 11 is 10.9. The van der Waals surface area contributed by atoms with Crippen molar-refractivity contribution < 1.29 is 13.9 Å². The number of carbonyl (C=O) groups excluding carboxylic acids is 1. The molecule has 0 aliphatic carbocycles. The van der Waals surface area contributed by atoms with E-state index in [1.165, 1.54) is 12.1 Å². The third kappa shape index (κ3) is 5.69. The van der Waals surface area contributed by atoms with E-state index >= 15 is 0 Å². The Morgan fingerprint density at radius 3 is 2.60 bits per heavy atom. The highest BCUT2D eigenvalue weighted by Gasteiger charge is 2.09. The van der Waals surface area contributed by atoms with E-state index < -0.39 is 5.82 Å². The van der Waals surface area contributed by atoms with Gasteiger partial charge in [-0.2, -0.15) is 0 Å². The highest BCUT2D eigenvalue weighted by atomic mass is 35.5. The van der Waals surface area contributed by atoms with Crippen LogP contribution in [0.4, 0.5) is 15.8 Å². The first-order chi connectivity index (χ1) is 12.0. The van der Waals surface area contributed by atoms with E-state index in [0.29, 0.717) is 17.9 Å². The highest BCUT2D eigenvalue weighted by molar-refractivity contribution is 7.80. The predicted molar refractivity (Wildman–Crippen MR) is 103 cm³/mol. The van der Waals surface area contributed by atoms with Crippen LogP contribution < -0.4 is 10.6 Å². The van der Waals surface area contributed by atoms with Crippen molar-refractivity contribution in [1.29, 1.82) is 0 Å². The molecule has 0 saturated carbocycles. The summed E-state index contributed by atoms with van der Waals surface area (Å²) in [5.74, 6) is -0.930. The van der Waals surface area contributed by atoms with Crippen LogP contribution >= 0.6 is 23.8 Å². The molecular formula is C18H18ClFN2O2S. The third-order valence-electron chi connectivity index (χ3n) is 3.31. The van der Waals surface area contributed by atoms with Gasteiger partial charge < -0.3 is 15.4 Å². The van der Waals surface area contributed by atoms with Crippen molar-refractivity contribution in [3.05, 3.63) is 58.9 Å². The predicted octanol–water partition coefficient (Wildman–Crippen LogP) is 5.24. The number of rotatable bonds is 6. The molecular weight excluding hydrogens is 363 g/mol. The van der Waals surface area contributed by atoms with E-state index in [0.717, 1.165) is 12.8 Å². The first-order valence-electron chi connectivity index (χ1n) is 7.80. The number of thiocarbonyl (C=S) groups is 1. The zero-order valence-electron chi connectivity index (χ0n) is 13.6. The Morgan fingerprint density at radius 1 is 1.20 bits per heavy atom. The lowest BCUT2D eigenvalue weighted by molar-refractivity contribution is 0.0500. The van der Waals surface area contributed by atoms with Crippen LogP contribution in [0.1, 0.15) is 30.1 Å².